The minimum atomic E-state index is 0.993. The van der Waals surface area contributed by atoms with Crippen molar-refractivity contribution in [2.24, 2.45) is 0 Å². The van der Waals surface area contributed by atoms with Crippen molar-refractivity contribution >= 4 is 0 Å². The Balaban J connectivity index is 2.81. The largest absolute Gasteiger partial charge is 0.103 e. The monoisotopic (exact) mass is 230 g/mol. The molecule has 0 amide bonds. The molecule has 0 radical (unpaired) electrons. The Morgan fingerprint density at radius 1 is 1.00 bits per heavy atom. The van der Waals surface area contributed by atoms with Crippen LogP contribution in [-0.4, -0.2) is 0 Å². The molecule has 0 nitrogen and oxygen atoms in total. The van der Waals surface area contributed by atoms with Gasteiger partial charge in [0, 0.05) is 0 Å². The highest BCUT2D eigenvalue weighted by Crippen LogP contribution is 2.18. The van der Waals surface area contributed by atoms with Gasteiger partial charge in [0.2, 0.25) is 0 Å². The van der Waals surface area contributed by atoms with Gasteiger partial charge in [-0.15, -0.1) is 6.58 Å². The van der Waals surface area contributed by atoms with E-state index < -0.39 is 0 Å². The Morgan fingerprint density at radius 2 is 1.65 bits per heavy atom. The molecule has 0 spiro atoms. The average Bonchev–Trinajstić information content (AvgIpc) is 2.35. The lowest BCUT2D eigenvalue weighted by Gasteiger charge is -2.11. The van der Waals surface area contributed by atoms with Gasteiger partial charge in [-0.3, -0.25) is 0 Å². The van der Waals surface area contributed by atoms with Crippen LogP contribution in [0, 0.1) is 0 Å². The van der Waals surface area contributed by atoms with E-state index in [1.807, 2.05) is 6.08 Å². The van der Waals surface area contributed by atoms with Crippen molar-refractivity contribution in [3.8, 4) is 0 Å². The summed E-state index contributed by atoms with van der Waals surface area (Å²) in [4.78, 5) is 0. The highest BCUT2D eigenvalue weighted by Gasteiger charge is 2.03. The number of allylic oxidation sites excluding steroid dienone is 1. The molecule has 0 aromatic heterocycles. The number of aryl methyl sites for hydroxylation is 2. The Labute approximate surface area is 107 Å². The van der Waals surface area contributed by atoms with Crippen LogP contribution in [0.4, 0.5) is 0 Å². The molecule has 0 unspecified atom stereocenters. The summed E-state index contributed by atoms with van der Waals surface area (Å²) in [5.41, 5.74) is 4.54. The summed E-state index contributed by atoms with van der Waals surface area (Å²) in [6, 6.07) is 6.99. The molecule has 1 aromatic carbocycles. The molecule has 0 saturated heterocycles. The molecule has 1 rings (SSSR count). The summed E-state index contributed by atoms with van der Waals surface area (Å²) in [5, 5.41) is 0. The van der Waals surface area contributed by atoms with Crippen molar-refractivity contribution in [3.63, 3.8) is 0 Å². The van der Waals surface area contributed by atoms with Crippen molar-refractivity contribution in [1.82, 2.24) is 0 Å². The highest BCUT2D eigenvalue weighted by molar-refractivity contribution is 5.33. The van der Waals surface area contributed by atoms with Crippen LogP contribution in [-0.2, 0) is 19.3 Å². The number of hydrogen-bond donors (Lipinski definition) is 0. The fourth-order valence-corrected chi connectivity index (χ4v) is 2.18. The number of rotatable bonds is 8. The van der Waals surface area contributed by atoms with E-state index in [1.165, 1.54) is 44.1 Å². The molecule has 0 saturated carbocycles. The smallest absolute Gasteiger partial charge is 0.0100 e. The van der Waals surface area contributed by atoms with E-state index in [0.29, 0.717) is 0 Å². The zero-order valence-corrected chi connectivity index (χ0v) is 11.5. The van der Waals surface area contributed by atoms with Crippen LogP contribution in [0.1, 0.15) is 56.2 Å². The zero-order chi connectivity index (χ0) is 12.5. The lowest BCUT2D eigenvalue weighted by atomic mass is 9.95. The Morgan fingerprint density at radius 3 is 2.24 bits per heavy atom. The minimum Gasteiger partial charge on any atom is -0.103 e. The van der Waals surface area contributed by atoms with E-state index in [0.717, 1.165) is 6.42 Å². The average molecular weight is 230 g/mol. The van der Waals surface area contributed by atoms with Crippen molar-refractivity contribution in [2.45, 2.75) is 58.8 Å². The molecule has 17 heavy (non-hydrogen) atoms. The summed E-state index contributed by atoms with van der Waals surface area (Å²) in [7, 11) is 0. The topological polar surface area (TPSA) is 0 Å². The Hall–Kier alpha value is -1.04. The molecule has 94 valence electrons. The number of benzene rings is 1. The van der Waals surface area contributed by atoms with E-state index in [1.54, 1.807) is 11.1 Å². The second kappa shape index (κ2) is 8.11. The molecule has 0 N–H and O–H groups in total. The van der Waals surface area contributed by atoms with Gasteiger partial charge in [-0.2, -0.15) is 0 Å². The van der Waals surface area contributed by atoms with Crippen LogP contribution in [0.5, 0.6) is 0 Å². The van der Waals surface area contributed by atoms with Gasteiger partial charge < -0.3 is 0 Å². The van der Waals surface area contributed by atoms with E-state index in [4.69, 9.17) is 0 Å². The molecule has 1 aromatic rings. The molecular formula is C17H26. The van der Waals surface area contributed by atoms with Gasteiger partial charge in [0.05, 0.1) is 0 Å². The molecule has 0 aliphatic heterocycles. The summed E-state index contributed by atoms with van der Waals surface area (Å²) >= 11 is 0. The standard InChI is InChI=1S/C17H26/c1-4-7-10-16-13-12-15(9-6-3)14-17(16)11-8-5-2/h6,12-14H,3-5,7-11H2,1-2H3. The predicted octanol–water partition coefficient (Wildman–Crippen LogP) is 5.10. The summed E-state index contributed by atoms with van der Waals surface area (Å²) in [6.45, 7) is 8.34. The van der Waals surface area contributed by atoms with Crippen molar-refractivity contribution in [3.05, 3.63) is 47.5 Å². The number of hydrogen-bond acceptors (Lipinski definition) is 0. The third-order valence-corrected chi connectivity index (χ3v) is 3.25. The molecule has 0 atom stereocenters. The molecule has 0 aliphatic carbocycles. The quantitative estimate of drug-likeness (QED) is 0.545. The fraction of sp³-hybridized carbons (Fsp3) is 0.529. The molecular weight excluding hydrogens is 204 g/mol. The van der Waals surface area contributed by atoms with E-state index in [-0.39, 0.29) is 0 Å². The van der Waals surface area contributed by atoms with E-state index in [2.05, 4.69) is 38.6 Å². The van der Waals surface area contributed by atoms with Gasteiger partial charge in [0.25, 0.3) is 0 Å². The van der Waals surface area contributed by atoms with Gasteiger partial charge in [-0.25, -0.2) is 0 Å². The molecule has 0 bridgehead atoms. The SMILES string of the molecule is C=CCc1ccc(CCCC)c(CCCC)c1. The first kappa shape index (κ1) is 14.0. The van der Waals surface area contributed by atoms with Crippen LogP contribution >= 0.6 is 0 Å². The minimum absolute atomic E-state index is 0.993. The first-order valence-corrected chi connectivity index (χ1v) is 7.03. The predicted molar refractivity (Wildman–Crippen MR) is 77.6 cm³/mol. The lowest BCUT2D eigenvalue weighted by Crippen LogP contribution is -1.97. The van der Waals surface area contributed by atoms with Gasteiger partial charge in [-0.1, -0.05) is 51.0 Å². The molecule has 0 fully saturated rings. The molecule has 0 heteroatoms. The van der Waals surface area contributed by atoms with Crippen molar-refractivity contribution < 1.29 is 0 Å². The maximum Gasteiger partial charge on any atom is -0.0100 e. The van der Waals surface area contributed by atoms with Crippen molar-refractivity contribution in [1.29, 1.82) is 0 Å². The second-order valence-corrected chi connectivity index (χ2v) is 4.80. The van der Waals surface area contributed by atoms with Crippen LogP contribution in [0.15, 0.2) is 30.9 Å². The summed E-state index contributed by atoms with van der Waals surface area (Å²) < 4.78 is 0. The first-order valence-electron chi connectivity index (χ1n) is 7.03. The zero-order valence-electron chi connectivity index (χ0n) is 11.5. The van der Waals surface area contributed by atoms with Gasteiger partial charge in [-0.05, 0) is 48.8 Å². The van der Waals surface area contributed by atoms with Gasteiger partial charge in [0.1, 0.15) is 0 Å². The van der Waals surface area contributed by atoms with Crippen LogP contribution in [0.2, 0.25) is 0 Å². The third kappa shape index (κ3) is 4.77. The maximum absolute atomic E-state index is 3.82. The van der Waals surface area contributed by atoms with E-state index >= 15 is 0 Å². The summed E-state index contributed by atoms with van der Waals surface area (Å²) in [6.07, 6.45) is 10.6. The Kier molecular flexibility index (Phi) is 6.69. The van der Waals surface area contributed by atoms with Crippen LogP contribution < -0.4 is 0 Å². The van der Waals surface area contributed by atoms with Crippen LogP contribution in [0.3, 0.4) is 0 Å². The maximum atomic E-state index is 3.82. The summed E-state index contributed by atoms with van der Waals surface area (Å²) in [5.74, 6) is 0. The van der Waals surface area contributed by atoms with E-state index in [9.17, 15) is 0 Å². The van der Waals surface area contributed by atoms with Gasteiger partial charge >= 0.3 is 0 Å². The molecule has 0 aliphatic rings. The first-order chi connectivity index (χ1) is 8.31. The Bertz CT molecular complexity index is 336. The normalized spacial score (nSPS) is 10.5. The van der Waals surface area contributed by atoms with Crippen molar-refractivity contribution in [2.75, 3.05) is 0 Å². The number of unbranched alkanes of at least 4 members (excludes halogenated alkanes) is 2. The highest BCUT2D eigenvalue weighted by atomic mass is 14.1. The lowest BCUT2D eigenvalue weighted by molar-refractivity contribution is 0.757. The third-order valence-electron chi connectivity index (χ3n) is 3.25. The van der Waals surface area contributed by atoms with Gasteiger partial charge in [0.15, 0.2) is 0 Å². The molecule has 0 heterocycles. The van der Waals surface area contributed by atoms with Crippen LogP contribution in [0.25, 0.3) is 0 Å². The second-order valence-electron chi connectivity index (χ2n) is 4.80. The fourth-order valence-electron chi connectivity index (χ4n) is 2.18.